The highest BCUT2D eigenvalue weighted by atomic mass is 35.5. The highest BCUT2D eigenvalue weighted by Crippen LogP contribution is 2.22. The molecular weight excluding hydrogens is 303 g/mol. The summed E-state index contributed by atoms with van der Waals surface area (Å²) in [6.45, 7) is 1.85. The Balaban J connectivity index is 1.74. The van der Waals surface area contributed by atoms with Gasteiger partial charge in [-0.25, -0.2) is 4.39 Å². The predicted octanol–water partition coefficient (Wildman–Crippen LogP) is 3.80. The van der Waals surface area contributed by atoms with E-state index >= 15 is 0 Å². The van der Waals surface area contributed by atoms with E-state index < -0.39 is 0 Å². The van der Waals surface area contributed by atoms with Crippen LogP contribution in [0, 0.1) is 5.82 Å². The van der Waals surface area contributed by atoms with Gasteiger partial charge in [-0.05, 0) is 30.7 Å². The third-order valence-corrected chi connectivity index (χ3v) is 3.80. The molecular formula is C17H16ClFN2O. The van der Waals surface area contributed by atoms with E-state index in [0.717, 1.165) is 30.9 Å². The van der Waals surface area contributed by atoms with Crippen LogP contribution in [0.1, 0.15) is 17.5 Å². The third-order valence-electron chi connectivity index (χ3n) is 3.45. The average molecular weight is 319 g/mol. The molecule has 0 radical (unpaired) electrons. The lowest BCUT2D eigenvalue weighted by atomic mass is 10.1. The summed E-state index contributed by atoms with van der Waals surface area (Å²) < 4.78 is 19.4. The summed E-state index contributed by atoms with van der Waals surface area (Å²) in [6, 6.07) is 12.2. The summed E-state index contributed by atoms with van der Waals surface area (Å²) in [5.74, 6) is 1.18. The molecule has 0 spiro atoms. The molecule has 0 aliphatic carbocycles. The fourth-order valence-corrected chi connectivity index (χ4v) is 2.50. The predicted molar refractivity (Wildman–Crippen MR) is 86.2 cm³/mol. The van der Waals surface area contributed by atoms with Gasteiger partial charge in [0.15, 0.2) is 0 Å². The SMILES string of the molecule is Fc1cccc(Cl)c1COc1cccc(C2=NCCCN2)c1. The maximum Gasteiger partial charge on any atom is 0.131 e. The number of halogens is 2. The highest BCUT2D eigenvalue weighted by Gasteiger charge is 2.10. The summed E-state index contributed by atoms with van der Waals surface area (Å²) >= 11 is 6.00. The first-order valence-corrected chi connectivity index (χ1v) is 7.56. The van der Waals surface area contributed by atoms with Crippen molar-refractivity contribution in [3.63, 3.8) is 0 Å². The van der Waals surface area contributed by atoms with E-state index in [1.807, 2.05) is 24.3 Å². The van der Waals surface area contributed by atoms with Gasteiger partial charge in [-0.1, -0.05) is 29.8 Å². The van der Waals surface area contributed by atoms with Gasteiger partial charge in [-0.15, -0.1) is 0 Å². The molecule has 1 aliphatic rings. The fraction of sp³-hybridized carbons (Fsp3) is 0.235. The normalized spacial score (nSPS) is 14.2. The molecule has 0 saturated heterocycles. The summed E-state index contributed by atoms with van der Waals surface area (Å²) in [5, 5.41) is 3.64. The van der Waals surface area contributed by atoms with Gasteiger partial charge in [0.05, 0.1) is 5.02 Å². The molecule has 0 fully saturated rings. The quantitative estimate of drug-likeness (QED) is 0.930. The van der Waals surface area contributed by atoms with E-state index in [4.69, 9.17) is 16.3 Å². The van der Waals surface area contributed by atoms with Crippen molar-refractivity contribution in [3.05, 3.63) is 64.4 Å². The lowest BCUT2D eigenvalue weighted by molar-refractivity contribution is 0.300. The van der Waals surface area contributed by atoms with Gasteiger partial charge >= 0.3 is 0 Å². The topological polar surface area (TPSA) is 33.6 Å². The second-order valence-corrected chi connectivity index (χ2v) is 5.43. The standard InChI is InChI=1S/C17H16ClFN2O/c18-15-6-2-7-16(19)14(15)11-22-13-5-1-4-12(10-13)17-20-8-3-9-21-17/h1-2,4-7,10H,3,8-9,11H2,(H,20,21). The first-order chi connectivity index (χ1) is 10.7. The lowest BCUT2D eigenvalue weighted by Crippen LogP contribution is -2.30. The Morgan fingerprint density at radius 1 is 1.23 bits per heavy atom. The number of hydrogen-bond acceptors (Lipinski definition) is 3. The van der Waals surface area contributed by atoms with Gasteiger partial charge < -0.3 is 10.1 Å². The lowest BCUT2D eigenvalue weighted by Gasteiger charge is -2.15. The Hall–Kier alpha value is -2.07. The van der Waals surface area contributed by atoms with E-state index in [1.165, 1.54) is 6.07 Å². The zero-order valence-corrected chi connectivity index (χ0v) is 12.7. The molecule has 22 heavy (non-hydrogen) atoms. The molecule has 0 saturated carbocycles. The summed E-state index contributed by atoms with van der Waals surface area (Å²) in [6.07, 6.45) is 1.05. The summed E-state index contributed by atoms with van der Waals surface area (Å²) in [5.41, 5.74) is 1.33. The molecule has 0 amide bonds. The van der Waals surface area contributed by atoms with Crippen LogP contribution in [0.15, 0.2) is 47.5 Å². The maximum absolute atomic E-state index is 13.7. The van der Waals surface area contributed by atoms with Crippen molar-refractivity contribution in [2.45, 2.75) is 13.0 Å². The molecule has 0 atom stereocenters. The number of ether oxygens (including phenoxy) is 1. The van der Waals surface area contributed by atoms with Crippen molar-refractivity contribution in [1.29, 1.82) is 0 Å². The van der Waals surface area contributed by atoms with E-state index in [1.54, 1.807) is 12.1 Å². The Bertz CT molecular complexity index is 683. The summed E-state index contributed by atoms with van der Waals surface area (Å²) in [4.78, 5) is 4.46. The number of hydrogen-bond donors (Lipinski definition) is 1. The molecule has 1 N–H and O–H groups in total. The first kappa shape index (κ1) is 14.9. The second kappa shape index (κ2) is 6.79. The second-order valence-electron chi connectivity index (χ2n) is 5.03. The zero-order valence-electron chi connectivity index (χ0n) is 12.0. The Morgan fingerprint density at radius 2 is 2.09 bits per heavy atom. The van der Waals surface area contributed by atoms with Crippen molar-refractivity contribution < 1.29 is 9.13 Å². The van der Waals surface area contributed by atoms with Gasteiger partial charge in [0.25, 0.3) is 0 Å². The average Bonchev–Trinajstić information content (AvgIpc) is 2.55. The van der Waals surface area contributed by atoms with Crippen LogP contribution in [0.25, 0.3) is 0 Å². The molecule has 2 aromatic carbocycles. The van der Waals surface area contributed by atoms with Crippen LogP contribution in [0.3, 0.4) is 0 Å². The van der Waals surface area contributed by atoms with Crippen LogP contribution in [-0.4, -0.2) is 18.9 Å². The first-order valence-electron chi connectivity index (χ1n) is 7.18. The largest absolute Gasteiger partial charge is 0.489 e. The van der Waals surface area contributed by atoms with Gasteiger partial charge in [-0.3, -0.25) is 4.99 Å². The van der Waals surface area contributed by atoms with Gasteiger partial charge in [0.2, 0.25) is 0 Å². The van der Waals surface area contributed by atoms with E-state index in [2.05, 4.69) is 10.3 Å². The Morgan fingerprint density at radius 3 is 2.86 bits per heavy atom. The fourth-order valence-electron chi connectivity index (χ4n) is 2.28. The van der Waals surface area contributed by atoms with Crippen LogP contribution in [-0.2, 0) is 6.61 Å². The smallest absolute Gasteiger partial charge is 0.131 e. The Labute approximate surface area is 133 Å². The number of nitrogens with zero attached hydrogens (tertiary/aromatic N) is 1. The molecule has 3 nitrogen and oxygen atoms in total. The van der Waals surface area contributed by atoms with E-state index in [-0.39, 0.29) is 12.4 Å². The molecule has 114 valence electrons. The van der Waals surface area contributed by atoms with Crippen LogP contribution < -0.4 is 10.1 Å². The van der Waals surface area contributed by atoms with Crippen LogP contribution >= 0.6 is 11.6 Å². The number of benzene rings is 2. The minimum absolute atomic E-state index is 0.0921. The molecule has 2 aromatic rings. The van der Waals surface area contributed by atoms with Gasteiger partial charge in [0.1, 0.15) is 24.0 Å². The van der Waals surface area contributed by atoms with Crippen molar-refractivity contribution >= 4 is 17.4 Å². The van der Waals surface area contributed by atoms with Crippen LogP contribution in [0.5, 0.6) is 5.75 Å². The molecule has 1 heterocycles. The van der Waals surface area contributed by atoms with E-state index in [0.29, 0.717) is 16.3 Å². The van der Waals surface area contributed by atoms with Crippen molar-refractivity contribution in [2.24, 2.45) is 4.99 Å². The molecule has 0 aromatic heterocycles. The van der Waals surface area contributed by atoms with Gasteiger partial charge in [0, 0.05) is 24.2 Å². The minimum Gasteiger partial charge on any atom is -0.489 e. The van der Waals surface area contributed by atoms with Crippen molar-refractivity contribution in [1.82, 2.24) is 5.32 Å². The molecule has 0 unspecified atom stereocenters. The number of amidine groups is 1. The summed E-state index contributed by atoms with van der Waals surface area (Å²) in [7, 11) is 0. The monoisotopic (exact) mass is 318 g/mol. The maximum atomic E-state index is 13.7. The van der Waals surface area contributed by atoms with Gasteiger partial charge in [-0.2, -0.15) is 0 Å². The number of rotatable bonds is 4. The van der Waals surface area contributed by atoms with Crippen LogP contribution in [0.2, 0.25) is 5.02 Å². The minimum atomic E-state index is -0.359. The molecule has 5 heteroatoms. The van der Waals surface area contributed by atoms with E-state index in [9.17, 15) is 4.39 Å². The molecule has 3 rings (SSSR count). The zero-order chi connectivity index (χ0) is 15.4. The highest BCUT2D eigenvalue weighted by molar-refractivity contribution is 6.31. The van der Waals surface area contributed by atoms with Crippen LogP contribution in [0.4, 0.5) is 4.39 Å². The van der Waals surface area contributed by atoms with Crippen molar-refractivity contribution in [3.8, 4) is 5.75 Å². The molecule has 1 aliphatic heterocycles. The number of nitrogens with one attached hydrogen (secondary N) is 1. The van der Waals surface area contributed by atoms with Crippen molar-refractivity contribution in [2.75, 3.05) is 13.1 Å². The third kappa shape index (κ3) is 3.39. The Kier molecular flexibility index (Phi) is 4.59. The molecule has 0 bridgehead atoms. The number of aliphatic imine (C=N–C) groups is 1.